The predicted molar refractivity (Wildman–Crippen MR) is 88.5 cm³/mol. The van der Waals surface area contributed by atoms with E-state index in [-0.39, 0.29) is 5.91 Å². The van der Waals surface area contributed by atoms with Gasteiger partial charge in [-0.1, -0.05) is 19.8 Å². The monoisotopic (exact) mass is 303 g/mol. The summed E-state index contributed by atoms with van der Waals surface area (Å²) in [5.41, 5.74) is 1.33. The maximum absolute atomic E-state index is 12.5. The molecule has 1 aromatic heterocycles. The van der Waals surface area contributed by atoms with Gasteiger partial charge in [-0.15, -0.1) is 0 Å². The Morgan fingerprint density at radius 2 is 2.09 bits per heavy atom. The summed E-state index contributed by atoms with van der Waals surface area (Å²) in [5, 5.41) is 3.29. The minimum Gasteiger partial charge on any atom is -0.353 e. The number of aromatic nitrogens is 1. The van der Waals surface area contributed by atoms with Gasteiger partial charge in [0.1, 0.15) is 0 Å². The molecule has 2 fully saturated rings. The Kier molecular flexibility index (Phi) is 4.87. The molecule has 0 spiro atoms. The van der Waals surface area contributed by atoms with Crippen molar-refractivity contribution in [2.45, 2.75) is 57.5 Å². The van der Waals surface area contributed by atoms with E-state index in [1.165, 1.54) is 31.4 Å². The predicted octanol–water partition coefficient (Wildman–Crippen LogP) is 2.86. The molecule has 3 atom stereocenters. The van der Waals surface area contributed by atoms with Crippen LogP contribution in [-0.4, -0.2) is 34.5 Å². The fraction of sp³-hybridized carbons (Fsp3) is 0.722. The summed E-state index contributed by atoms with van der Waals surface area (Å²) in [5.74, 6) is 0.833. The van der Waals surface area contributed by atoms with Gasteiger partial charge in [0, 0.05) is 25.0 Å². The van der Waals surface area contributed by atoms with Crippen LogP contribution in [0.25, 0.3) is 0 Å². The van der Waals surface area contributed by atoms with Crippen LogP contribution in [0.3, 0.4) is 0 Å². The van der Waals surface area contributed by atoms with Crippen molar-refractivity contribution in [1.29, 1.82) is 0 Å². The van der Waals surface area contributed by atoms with E-state index in [0.29, 0.717) is 24.5 Å². The van der Waals surface area contributed by atoms with E-state index in [9.17, 15) is 4.79 Å². The van der Waals surface area contributed by atoms with Crippen LogP contribution < -0.4 is 5.32 Å². The minimum absolute atomic E-state index is 0.208. The largest absolute Gasteiger partial charge is 0.353 e. The highest BCUT2D eigenvalue weighted by Crippen LogP contribution is 2.31. The molecule has 2 heterocycles. The Balaban J connectivity index is 1.57. The molecule has 122 valence electrons. The Hall–Kier alpha value is -1.29. The molecule has 1 amide bonds. The number of nitrogens with zero attached hydrogens (tertiary/aromatic N) is 2. The van der Waals surface area contributed by atoms with Crippen molar-refractivity contribution < 1.29 is 4.79 Å². The van der Waals surface area contributed by atoms with E-state index in [4.69, 9.17) is 0 Å². The second-order valence-electron chi connectivity index (χ2n) is 7.11. The summed E-state index contributed by atoms with van der Waals surface area (Å²) in [7, 11) is 2.09. The van der Waals surface area contributed by atoms with Gasteiger partial charge in [0.25, 0.3) is 0 Å². The molecule has 0 bridgehead atoms. The van der Waals surface area contributed by atoms with Crippen LogP contribution in [0.1, 0.15) is 57.2 Å². The number of hydrogen-bond donors (Lipinski definition) is 1. The van der Waals surface area contributed by atoms with E-state index >= 15 is 0 Å². The third-order valence-corrected chi connectivity index (χ3v) is 5.49. The Bertz CT molecular complexity index is 510. The summed E-state index contributed by atoms with van der Waals surface area (Å²) in [6, 6.07) is 5.06. The maximum Gasteiger partial charge on any atom is 0.234 e. The maximum atomic E-state index is 12.5. The Morgan fingerprint density at radius 1 is 1.27 bits per heavy atom. The zero-order chi connectivity index (χ0) is 15.5. The number of carbonyl (C=O) groups is 1. The van der Waals surface area contributed by atoms with Gasteiger partial charge in [0.15, 0.2) is 0 Å². The van der Waals surface area contributed by atoms with E-state index < -0.39 is 0 Å². The number of hydrogen-bond acceptors (Lipinski definition) is 2. The van der Waals surface area contributed by atoms with Crippen molar-refractivity contribution in [3.05, 3.63) is 24.0 Å². The average Bonchev–Trinajstić information content (AvgIpc) is 3.10. The third-order valence-electron chi connectivity index (χ3n) is 5.49. The molecule has 3 rings (SSSR count). The van der Waals surface area contributed by atoms with Gasteiger partial charge in [-0.2, -0.15) is 0 Å². The number of amides is 1. The first-order valence-corrected chi connectivity index (χ1v) is 8.80. The molecule has 1 saturated carbocycles. The molecule has 0 radical (unpaired) electrons. The fourth-order valence-corrected chi connectivity index (χ4v) is 4.14. The topological polar surface area (TPSA) is 37.3 Å². The van der Waals surface area contributed by atoms with E-state index in [2.05, 4.69) is 47.1 Å². The van der Waals surface area contributed by atoms with Crippen molar-refractivity contribution in [1.82, 2.24) is 14.8 Å². The Labute approximate surface area is 133 Å². The lowest BCUT2D eigenvalue weighted by Crippen LogP contribution is -2.45. The molecule has 0 aromatic carbocycles. The highest BCUT2D eigenvalue weighted by Gasteiger charge is 2.30. The molecular weight excluding hydrogens is 274 g/mol. The molecule has 1 N–H and O–H groups in total. The van der Waals surface area contributed by atoms with Gasteiger partial charge >= 0.3 is 0 Å². The van der Waals surface area contributed by atoms with Crippen molar-refractivity contribution in [2.75, 3.05) is 13.1 Å². The molecule has 4 nitrogen and oxygen atoms in total. The summed E-state index contributed by atoms with van der Waals surface area (Å²) >= 11 is 0. The number of aryl methyl sites for hydroxylation is 1. The van der Waals surface area contributed by atoms with E-state index in [0.717, 1.165) is 19.4 Å². The summed E-state index contributed by atoms with van der Waals surface area (Å²) in [4.78, 5) is 14.8. The third kappa shape index (κ3) is 3.37. The van der Waals surface area contributed by atoms with E-state index in [1.807, 2.05) is 0 Å². The van der Waals surface area contributed by atoms with E-state index in [1.54, 1.807) is 0 Å². The normalized spacial score (nSPS) is 29.6. The van der Waals surface area contributed by atoms with Crippen LogP contribution in [-0.2, 0) is 11.8 Å². The molecule has 22 heavy (non-hydrogen) atoms. The smallest absolute Gasteiger partial charge is 0.234 e. The van der Waals surface area contributed by atoms with Gasteiger partial charge in [-0.05, 0) is 50.3 Å². The molecular formula is C18H29N3O. The molecule has 2 aliphatic rings. The van der Waals surface area contributed by atoms with Gasteiger partial charge in [0.05, 0.1) is 12.6 Å². The SMILES string of the molecule is C[C@H]1CCCC[C@H]1NC(=O)CN1CCC[C@@H]1c1cccn1C. The lowest BCUT2D eigenvalue weighted by atomic mass is 9.86. The summed E-state index contributed by atoms with van der Waals surface area (Å²) in [6.07, 6.45) is 9.40. The molecule has 4 heteroatoms. The number of nitrogens with one attached hydrogen (secondary N) is 1. The van der Waals surface area contributed by atoms with Crippen LogP contribution in [0.2, 0.25) is 0 Å². The molecule has 1 aliphatic heterocycles. The van der Waals surface area contributed by atoms with Crippen molar-refractivity contribution in [2.24, 2.45) is 13.0 Å². The molecule has 1 aromatic rings. The number of carbonyl (C=O) groups excluding carboxylic acids is 1. The second kappa shape index (κ2) is 6.86. The lowest BCUT2D eigenvalue weighted by Gasteiger charge is -2.31. The quantitative estimate of drug-likeness (QED) is 0.928. The molecule has 1 aliphatic carbocycles. The lowest BCUT2D eigenvalue weighted by molar-refractivity contribution is -0.123. The van der Waals surface area contributed by atoms with Crippen molar-refractivity contribution in [3.8, 4) is 0 Å². The summed E-state index contributed by atoms with van der Waals surface area (Å²) < 4.78 is 2.18. The zero-order valence-electron chi connectivity index (χ0n) is 13.9. The van der Waals surface area contributed by atoms with Crippen molar-refractivity contribution in [3.63, 3.8) is 0 Å². The second-order valence-corrected chi connectivity index (χ2v) is 7.11. The van der Waals surface area contributed by atoms with Crippen LogP contribution in [0.5, 0.6) is 0 Å². The first kappa shape index (κ1) is 15.6. The van der Waals surface area contributed by atoms with Gasteiger partial charge in [0.2, 0.25) is 5.91 Å². The standard InChI is InChI=1S/C18H29N3O/c1-14-7-3-4-8-15(14)19-18(22)13-21-12-6-10-17(21)16-9-5-11-20(16)2/h5,9,11,14-15,17H,3-4,6-8,10,12-13H2,1-2H3,(H,19,22)/t14-,15+,17+/m0/s1. The van der Waals surface area contributed by atoms with Crippen LogP contribution in [0.15, 0.2) is 18.3 Å². The van der Waals surface area contributed by atoms with Crippen LogP contribution >= 0.6 is 0 Å². The Morgan fingerprint density at radius 3 is 2.82 bits per heavy atom. The zero-order valence-corrected chi connectivity index (χ0v) is 13.9. The van der Waals surface area contributed by atoms with Crippen LogP contribution in [0.4, 0.5) is 0 Å². The first-order chi connectivity index (χ1) is 10.6. The van der Waals surface area contributed by atoms with Crippen molar-refractivity contribution >= 4 is 5.91 Å². The van der Waals surface area contributed by atoms with Gasteiger partial charge in [-0.3, -0.25) is 9.69 Å². The van der Waals surface area contributed by atoms with Gasteiger partial charge < -0.3 is 9.88 Å². The molecule has 1 saturated heterocycles. The molecule has 0 unspecified atom stereocenters. The highest BCUT2D eigenvalue weighted by atomic mass is 16.2. The van der Waals surface area contributed by atoms with Gasteiger partial charge in [-0.25, -0.2) is 0 Å². The fourth-order valence-electron chi connectivity index (χ4n) is 4.14. The number of likely N-dealkylation sites (tertiary alicyclic amines) is 1. The number of rotatable bonds is 4. The summed E-state index contributed by atoms with van der Waals surface area (Å²) in [6.45, 7) is 3.84. The first-order valence-electron chi connectivity index (χ1n) is 8.80. The average molecular weight is 303 g/mol. The van der Waals surface area contributed by atoms with Crippen LogP contribution in [0, 0.1) is 5.92 Å². The minimum atomic E-state index is 0.208. The highest BCUT2D eigenvalue weighted by molar-refractivity contribution is 5.78.